The Morgan fingerprint density at radius 3 is 2.86 bits per heavy atom. The minimum absolute atomic E-state index is 0.628. The molecule has 2 aromatic heterocycles. The number of rotatable bonds is 6. The summed E-state index contributed by atoms with van der Waals surface area (Å²) in [5.74, 6) is 1.62. The number of nitrogens with zero attached hydrogens (tertiary/aromatic N) is 5. The highest BCUT2D eigenvalue weighted by Gasteiger charge is 2.12. The van der Waals surface area contributed by atoms with Gasteiger partial charge in [0.2, 0.25) is 0 Å². The van der Waals surface area contributed by atoms with Crippen LogP contribution in [0.4, 0.5) is 5.82 Å². The van der Waals surface area contributed by atoms with Crippen LogP contribution < -0.4 is 4.90 Å². The van der Waals surface area contributed by atoms with Crippen LogP contribution in [0.3, 0.4) is 0 Å². The summed E-state index contributed by atoms with van der Waals surface area (Å²) in [6.07, 6.45) is 4.41. The Kier molecular flexibility index (Phi) is 4.14. The van der Waals surface area contributed by atoms with E-state index in [9.17, 15) is 0 Å². The molecule has 5 nitrogen and oxygen atoms in total. The van der Waals surface area contributed by atoms with Gasteiger partial charge in [-0.1, -0.05) is 36.4 Å². The molecule has 0 saturated heterocycles. The summed E-state index contributed by atoms with van der Waals surface area (Å²) in [6, 6.07) is 12.5. The number of anilines is 1. The van der Waals surface area contributed by atoms with Crippen molar-refractivity contribution in [1.82, 2.24) is 19.6 Å². The molecule has 0 bridgehead atoms. The molecule has 0 unspecified atom stereocenters. The number of fused-ring (bicyclic) bond motifs is 1. The van der Waals surface area contributed by atoms with Gasteiger partial charge in [-0.05, 0) is 18.9 Å². The van der Waals surface area contributed by atoms with Crippen LogP contribution in [0.25, 0.3) is 5.78 Å². The SMILES string of the molecule is C=CCN(CCc1ccccc1)c1cc(C)nc2ncnn12. The van der Waals surface area contributed by atoms with E-state index in [4.69, 9.17) is 0 Å². The quantitative estimate of drug-likeness (QED) is 0.656. The Morgan fingerprint density at radius 2 is 2.09 bits per heavy atom. The predicted octanol–water partition coefficient (Wildman–Crippen LogP) is 2.67. The van der Waals surface area contributed by atoms with Gasteiger partial charge in [-0.2, -0.15) is 14.6 Å². The zero-order chi connectivity index (χ0) is 15.4. The molecule has 3 aromatic rings. The maximum Gasteiger partial charge on any atom is 0.254 e. The Bertz CT molecular complexity index is 763. The minimum atomic E-state index is 0.628. The molecule has 0 aliphatic rings. The predicted molar refractivity (Wildman–Crippen MR) is 88.1 cm³/mol. The van der Waals surface area contributed by atoms with Crippen molar-refractivity contribution >= 4 is 11.6 Å². The van der Waals surface area contributed by atoms with E-state index in [1.54, 1.807) is 4.52 Å². The van der Waals surface area contributed by atoms with Crippen LogP contribution in [0.5, 0.6) is 0 Å². The number of benzene rings is 1. The third-order valence-corrected chi connectivity index (χ3v) is 3.55. The first kappa shape index (κ1) is 14.3. The summed E-state index contributed by atoms with van der Waals surface area (Å²) in [6.45, 7) is 7.48. The van der Waals surface area contributed by atoms with Crippen molar-refractivity contribution in [3.8, 4) is 0 Å². The van der Waals surface area contributed by atoms with Gasteiger partial charge in [-0.3, -0.25) is 0 Å². The number of aromatic nitrogens is 4. The molecule has 0 amide bonds. The van der Waals surface area contributed by atoms with Gasteiger partial charge in [-0.15, -0.1) is 6.58 Å². The van der Waals surface area contributed by atoms with E-state index in [1.807, 2.05) is 25.1 Å². The third kappa shape index (κ3) is 2.98. The second-order valence-corrected chi connectivity index (χ2v) is 5.20. The molecule has 0 aliphatic heterocycles. The van der Waals surface area contributed by atoms with Gasteiger partial charge in [0.1, 0.15) is 12.1 Å². The minimum Gasteiger partial charge on any atom is -0.352 e. The first-order valence-electron chi connectivity index (χ1n) is 7.35. The Hall–Kier alpha value is -2.69. The summed E-state index contributed by atoms with van der Waals surface area (Å²) in [5, 5.41) is 4.29. The van der Waals surface area contributed by atoms with Crippen LogP contribution in [0.15, 0.2) is 55.4 Å². The molecule has 0 aliphatic carbocycles. The van der Waals surface area contributed by atoms with Crippen LogP contribution in [0, 0.1) is 6.92 Å². The Morgan fingerprint density at radius 1 is 1.27 bits per heavy atom. The van der Waals surface area contributed by atoms with Crippen LogP contribution >= 0.6 is 0 Å². The Balaban J connectivity index is 1.89. The fourth-order valence-corrected chi connectivity index (χ4v) is 2.50. The first-order chi connectivity index (χ1) is 10.8. The molecule has 0 N–H and O–H groups in total. The lowest BCUT2D eigenvalue weighted by Crippen LogP contribution is -2.28. The van der Waals surface area contributed by atoms with E-state index in [2.05, 4.69) is 50.8 Å². The van der Waals surface area contributed by atoms with Gasteiger partial charge in [-0.25, -0.2) is 4.98 Å². The number of aryl methyl sites for hydroxylation is 1. The molecule has 0 atom stereocenters. The van der Waals surface area contributed by atoms with Crippen molar-refractivity contribution in [2.24, 2.45) is 0 Å². The highest BCUT2D eigenvalue weighted by Crippen LogP contribution is 2.16. The van der Waals surface area contributed by atoms with E-state index in [0.29, 0.717) is 5.78 Å². The molecule has 22 heavy (non-hydrogen) atoms. The summed E-state index contributed by atoms with van der Waals surface area (Å²) >= 11 is 0. The topological polar surface area (TPSA) is 46.3 Å². The zero-order valence-corrected chi connectivity index (χ0v) is 12.7. The lowest BCUT2D eigenvalue weighted by atomic mass is 10.1. The molecular weight excluding hydrogens is 274 g/mol. The molecule has 0 fully saturated rings. The second-order valence-electron chi connectivity index (χ2n) is 5.20. The average Bonchev–Trinajstić information content (AvgIpc) is 3.00. The van der Waals surface area contributed by atoms with Gasteiger partial charge in [0.25, 0.3) is 5.78 Å². The molecule has 1 aromatic carbocycles. The van der Waals surface area contributed by atoms with Crippen molar-refractivity contribution in [1.29, 1.82) is 0 Å². The lowest BCUT2D eigenvalue weighted by molar-refractivity contribution is 0.782. The van der Waals surface area contributed by atoms with Gasteiger partial charge in [0.15, 0.2) is 0 Å². The van der Waals surface area contributed by atoms with E-state index in [-0.39, 0.29) is 0 Å². The standard InChI is InChI=1S/C17H19N5/c1-3-10-21(11-9-15-7-5-4-6-8-15)16-12-14(2)20-17-18-13-19-22(16)17/h3-8,12-13H,1,9-11H2,2H3. The van der Waals surface area contributed by atoms with E-state index < -0.39 is 0 Å². The highest BCUT2D eigenvalue weighted by atomic mass is 15.4. The maximum atomic E-state index is 4.39. The molecule has 112 valence electrons. The highest BCUT2D eigenvalue weighted by molar-refractivity contribution is 5.47. The van der Waals surface area contributed by atoms with E-state index in [1.165, 1.54) is 11.9 Å². The summed E-state index contributed by atoms with van der Waals surface area (Å²) < 4.78 is 1.78. The molecular formula is C17H19N5. The monoisotopic (exact) mass is 293 g/mol. The zero-order valence-electron chi connectivity index (χ0n) is 12.7. The largest absolute Gasteiger partial charge is 0.352 e. The normalized spacial score (nSPS) is 10.8. The van der Waals surface area contributed by atoms with E-state index >= 15 is 0 Å². The van der Waals surface area contributed by atoms with Gasteiger partial charge in [0, 0.05) is 24.8 Å². The lowest BCUT2D eigenvalue weighted by Gasteiger charge is -2.23. The van der Waals surface area contributed by atoms with Crippen molar-refractivity contribution in [3.05, 3.63) is 66.6 Å². The average molecular weight is 293 g/mol. The molecule has 0 radical (unpaired) electrons. The van der Waals surface area contributed by atoms with Crippen molar-refractivity contribution < 1.29 is 0 Å². The molecule has 5 heteroatoms. The van der Waals surface area contributed by atoms with Gasteiger partial charge in [0.05, 0.1) is 0 Å². The fourth-order valence-electron chi connectivity index (χ4n) is 2.50. The second kappa shape index (κ2) is 6.39. The van der Waals surface area contributed by atoms with Crippen LogP contribution in [-0.4, -0.2) is 32.7 Å². The van der Waals surface area contributed by atoms with Gasteiger partial charge < -0.3 is 4.90 Å². The summed E-state index contributed by atoms with van der Waals surface area (Å²) in [5.41, 5.74) is 2.25. The molecule has 0 saturated carbocycles. The smallest absolute Gasteiger partial charge is 0.254 e. The van der Waals surface area contributed by atoms with E-state index in [0.717, 1.165) is 31.0 Å². The Labute approximate surface area is 129 Å². The van der Waals surface area contributed by atoms with Crippen LogP contribution in [0.2, 0.25) is 0 Å². The first-order valence-corrected chi connectivity index (χ1v) is 7.35. The van der Waals surface area contributed by atoms with Crippen molar-refractivity contribution in [3.63, 3.8) is 0 Å². The van der Waals surface area contributed by atoms with Crippen LogP contribution in [-0.2, 0) is 6.42 Å². The van der Waals surface area contributed by atoms with Crippen LogP contribution in [0.1, 0.15) is 11.3 Å². The molecule has 3 rings (SSSR count). The maximum absolute atomic E-state index is 4.39. The third-order valence-electron chi connectivity index (χ3n) is 3.55. The summed E-state index contributed by atoms with van der Waals surface area (Å²) in [4.78, 5) is 10.8. The molecule has 2 heterocycles. The fraction of sp³-hybridized carbons (Fsp3) is 0.235. The number of hydrogen-bond acceptors (Lipinski definition) is 4. The number of hydrogen-bond donors (Lipinski definition) is 0. The van der Waals surface area contributed by atoms with Crippen molar-refractivity contribution in [2.75, 3.05) is 18.0 Å². The summed E-state index contributed by atoms with van der Waals surface area (Å²) in [7, 11) is 0. The van der Waals surface area contributed by atoms with Gasteiger partial charge >= 0.3 is 0 Å². The van der Waals surface area contributed by atoms with Crippen molar-refractivity contribution in [2.45, 2.75) is 13.3 Å². The molecule has 0 spiro atoms.